The summed E-state index contributed by atoms with van der Waals surface area (Å²) in [5.41, 5.74) is 2.69. The van der Waals surface area contributed by atoms with Crippen LogP contribution in [0.1, 0.15) is 35.3 Å². The van der Waals surface area contributed by atoms with Crippen molar-refractivity contribution >= 4 is 27.5 Å². The van der Waals surface area contributed by atoms with E-state index in [1.165, 1.54) is 22.0 Å². The van der Waals surface area contributed by atoms with Gasteiger partial charge in [0.05, 0.1) is 17.2 Å². The predicted molar refractivity (Wildman–Crippen MR) is 115 cm³/mol. The van der Waals surface area contributed by atoms with Crippen molar-refractivity contribution in [3.8, 4) is 0 Å². The van der Waals surface area contributed by atoms with Gasteiger partial charge < -0.3 is 9.64 Å². The molecule has 160 valence electrons. The zero-order valence-electron chi connectivity index (χ0n) is 17.0. The van der Waals surface area contributed by atoms with E-state index in [-0.39, 0.29) is 41.1 Å². The van der Waals surface area contributed by atoms with Crippen molar-refractivity contribution in [3.05, 3.63) is 64.2 Å². The van der Waals surface area contributed by atoms with Gasteiger partial charge in [-0.1, -0.05) is 35.9 Å². The number of carbonyl (C=O) groups excluding carboxylic acids is 1. The summed E-state index contributed by atoms with van der Waals surface area (Å²) in [7, 11) is -3.84. The standard InChI is InChI=1S/C22H25ClN2O4S/c1-15-12-25(13-16(2)29-15)30(27,28)21-11-18(7-8-20(21)23)22(26)24-10-9-17-5-3-4-6-19(17)14-24/h3-8,11,15-16H,9-10,12-14H2,1-2H3. The van der Waals surface area contributed by atoms with Crippen LogP contribution >= 0.6 is 11.6 Å². The van der Waals surface area contributed by atoms with Gasteiger partial charge in [-0.25, -0.2) is 8.42 Å². The highest BCUT2D eigenvalue weighted by molar-refractivity contribution is 7.89. The van der Waals surface area contributed by atoms with Gasteiger partial charge in [0, 0.05) is 31.7 Å². The van der Waals surface area contributed by atoms with Gasteiger partial charge in [-0.3, -0.25) is 4.79 Å². The molecule has 0 aliphatic carbocycles. The Kier molecular flexibility index (Phi) is 5.90. The Morgan fingerprint density at radius 2 is 1.73 bits per heavy atom. The summed E-state index contributed by atoms with van der Waals surface area (Å²) < 4.78 is 33.6. The lowest BCUT2D eigenvalue weighted by atomic mass is 9.99. The van der Waals surface area contributed by atoms with Crippen molar-refractivity contribution in [1.82, 2.24) is 9.21 Å². The van der Waals surface area contributed by atoms with Crippen LogP contribution < -0.4 is 0 Å². The van der Waals surface area contributed by atoms with Crippen LogP contribution in [0, 0.1) is 0 Å². The van der Waals surface area contributed by atoms with Gasteiger partial charge in [0.25, 0.3) is 5.91 Å². The molecule has 0 spiro atoms. The maximum absolute atomic E-state index is 13.3. The normalized spacial score (nSPS) is 22.6. The van der Waals surface area contributed by atoms with Crippen LogP contribution in [0.4, 0.5) is 0 Å². The molecule has 8 heteroatoms. The van der Waals surface area contributed by atoms with E-state index in [2.05, 4.69) is 6.07 Å². The molecule has 1 saturated heterocycles. The van der Waals surface area contributed by atoms with Crippen molar-refractivity contribution in [2.75, 3.05) is 19.6 Å². The van der Waals surface area contributed by atoms with Gasteiger partial charge in [-0.05, 0) is 49.6 Å². The van der Waals surface area contributed by atoms with Crippen LogP contribution in [0.2, 0.25) is 5.02 Å². The number of halogens is 1. The average molecular weight is 449 g/mol. The number of sulfonamides is 1. The first-order chi connectivity index (χ1) is 14.3. The van der Waals surface area contributed by atoms with Gasteiger partial charge in [0.1, 0.15) is 4.90 Å². The second-order valence-electron chi connectivity index (χ2n) is 7.97. The number of fused-ring (bicyclic) bond motifs is 1. The molecule has 0 aromatic heterocycles. The fourth-order valence-corrected chi connectivity index (χ4v) is 6.24. The molecule has 1 fully saturated rings. The average Bonchev–Trinajstić information content (AvgIpc) is 2.72. The highest BCUT2D eigenvalue weighted by Crippen LogP contribution is 2.29. The lowest BCUT2D eigenvalue weighted by Gasteiger charge is -2.34. The van der Waals surface area contributed by atoms with E-state index in [4.69, 9.17) is 16.3 Å². The number of rotatable bonds is 3. The number of hydrogen-bond donors (Lipinski definition) is 0. The first kappa shape index (κ1) is 21.3. The SMILES string of the molecule is CC1CN(S(=O)(=O)c2cc(C(=O)N3CCc4ccccc4C3)ccc2Cl)CC(C)O1. The van der Waals surface area contributed by atoms with E-state index in [1.807, 2.05) is 32.0 Å². The minimum atomic E-state index is -3.84. The first-order valence-corrected chi connectivity index (χ1v) is 11.9. The molecular formula is C22H25ClN2O4S. The second kappa shape index (κ2) is 8.30. The lowest BCUT2D eigenvalue weighted by Crippen LogP contribution is -2.48. The van der Waals surface area contributed by atoms with Gasteiger partial charge in [-0.2, -0.15) is 4.31 Å². The molecule has 2 aromatic carbocycles. The molecule has 0 bridgehead atoms. The monoisotopic (exact) mass is 448 g/mol. The van der Waals surface area contributed by atoms with Crippen LogP contribution in [0.5, 0.6) is 0 Å². The topological polar surface area (TPSA) is 66.9 Å². The fraction of sp³-hybridized carbons (Fsp3) is 0.409. The van der Waals surface area contributed by atoms with Crippen LogP contribution in [-0.4, -0.2) is 55.4 Å². The summed E-state index contributed by atoms with van der Waals surface area (Å²) in [5.74, 6) is -0.193. The molecule has 0 radical (unpaired) electrons. The number of amides is 1. The highest BCUT2D eigenvalue weighted by atomic mass is 35.5. The summed E-state index contributed by atoms with van der Waals surface area (Å²) in [5, 5.41) is 0.113. The molecular weight excluding hydrogens is 424 g/mol. The number of morpholine rings is 1. The fourth-order valence-electron chi connectivity index (χ4n) is 4.15. The summed E-state index contributed by atoms with van der Waals surface area (Å²) in [6, 6.07) is 12.6. The van der Waals surface area contributed by atoms with Crippen LogP contribution in [-0.2, 0) is 27.7 Å². The largest absolute Gasteiger partial charge is 0.373 e. The van der Waals surface area contributed by atoms with Crippen molar-refractivity contribution in [3.63, 3.8) is 0 Å². The van der Waals surface area contributed by atoms with E-state index in [1.54, 1.807) is 11.0 Å². The van der Waals surface area contributed by atoms with Crippen LogP contribution in [0.15, 0.2) is 47.4 Å². The Balaban J connectivity index is 1.61. The summed E-state index contributed by atoms with van der Waals surface area (Å²) in [4.78, 5) is 14.9. The Hall–Kier alpha value is -1.93. The third-order valence-electron chi connectivity index (χ3n) is 5.60. The molecule has 0 saturated carbocycles. The summed E-state index contributed by atoms with van der Waals surface area (Å²) >= 11 is 6.27. The van der Waals surface area contributed by atoms with E-state index < -0.39 is 10.0 Å². The van der Waals surface area contributed by atoms with E-state index in [0.29, 0.717) is 18.7 Å². The third kappa shape index (κ3) is 4.12. The lowest BCUT2D eigenvalue weighted by molar-refractivity contribution is -0.0440. The molecule has 2 aliphatic heterocycles. The van der Waals surface area contributed by atoms with Crippen molar-refractivity contribution in [2.45, 2.75) is 43.9 Å². The molecule has 0 N–H and O–H groups in total. The zero-order chi connectivity index (χ0) is 21.5. The molecule has 6 nitrogen and oxygen atoms in total. The predicted octanol–water partition coefficient (Wildman–Crippen LogP) is 3.34. The Labute approximate surface area is 182 Å². The summed E-state index contributed by atoms with van der Waals surface area (Å²) in [6.45, 7) is 5.30. The van der Waals surface area contributed by atoms with Gasteiger partial charge in [0.15, 0.2) is 0 Å². The van der Waals surface area contributed by atoms with Gasteiger partial charge in [0.2, 0.25) is 10.0 Å². The molecule has 2 atom stereocenters. The molecule has 30 heavy (non-hydrogen) atoms. The maximum Gasteiger partial charge on any atom is 0.254 e. The molecule has 4 rings (SSSR count). The van der Waals surface area contributed by atoms with Crippen LogP contribution in [0.3, 0.4) is 0 Å². The van der Waals surface area contributed by atoms with E-state index in [0.717, 1.165) is 12.0 Å². The van der Waals surface area contributed by atoms with Crippen molar-refractivity contribution < 1.29 is 17.9 Å². The van der Waals surface area contributed by atoms with Gasteiger partial charge >= 0.3 is 0 Å². The Morgan fingerprint density at radius 3 is 2.43 bits per heavy atom. The molecule has 2 aromatic rings. The van der Waals surface area contributed by atoms with Crippen molar-refractivity contribution in [2.24, 2.45) is 0 Å². The quantitative estimate of drug-likeness (QED) is 0.722. The van der Waals surface area contributed by atoms with Crippen molar-refractivity contribution in [1.29, 1.82) is 0 Å². The Morgan fingerprint density at radius 1 is 1.07 bits per heavy atom. The Bertz CT molecular complexity index is 1060. The molecule has 1 amide bonds. The molecule has 2 unspecified atom stereocenters. The highest BCUT2D eigenvalue weighted by Gasteiger charge is 2.34. The van der Waals surface area contributed by atoms with Gasteiger partial charge in [-0.15, -0.1) is 0 Å². The molecule has 2 heterocycles. The minimum absolute atomic E-state index is 0.0336. The third-order valence-corrected chi connectivity index (χ3v) is 7.91. The number of benzene rings is 2. The summed E-state index contributed by atoms with van der Waals surface area (Å²) in [6.07, 6.45) is 0.366. The number of nitrogens with zero attached hydrogens (tertiary/aromatic N) is 2. The first-order valence-electron chi connectivity index (χ1n) is 10.1. The minimum Gasteiger partial charge on any atom is -0.373 e. The van der Waals surface area contributed by atoms with Crippen LogP contribution in [0.25, 0.3) is 0 Å². The van der Waals surface area contributed by atoms with E-state index >= 15 is 0 Å². The second-order valence-corrected chi connectivity index (χ2v) is 10.3. The number of hydrogen-bond acceptors (Lipinski definition) is 4. The maximum atomic E-state index is 13.3. The number of ether oxygens (including phenoxy) is 1. The zero-order valence-corrected chi connectivity index (χ0v) is 18.6. The smallest absolute Gasteiger partial charge is 0.254 e. The van der Waals surface area contributed by atoms with E-state index in [9.17, 15) is 13.2 Å². The number of carbonyl (C=O) groups is 1. The molecule has 2 aliphatic rings.